The van der Waals surface area contributed by atoms with Gasteiger partial charge in [-0.15, -0.1) is 0 Å². The summed E-state index contributed by atoms with van der Waals surface area (Å²) in [5.74, 6) is 0.116. The molecule has 0 aliphatic carbocycles. The third-order valence-electron chi connectivity index (χ3n) is 5.51. The van der Waals surface area contributed by atoms with Crippen molar-refractivity contribution >= 4 is 16.8 Å². The molecule has 1 aliphatic rings. The number of carbonyl (C=O) groups is 1. The van der Waals surface area contributed by atoms with Crippen LogP contribution < -0.4 is 0 Å². The second-order valence-electron chi connectivity index (χ2n) is 7.29. The minimum Gasteiger partial charge on any atom is -0.339 e. The molecule has 1 aromatic heterocycles. The molecular weight excluding hydrogens is 322 g/mol. The fourth-order valence-corrected chi connectivity index (χ4v) is 4.10. The van der Waals surface area contributed by atoms with Crippen LogP contribution in [0.2, 0.25) is 0 Å². The van der Waals surface area contributed by atoms with E-state index in [4.69, 9.17) is 0 Å². The van der Waals surface area contributed by atoms with E-state index in [1.807, 2.05) is 40.8 Å². The lowest BCUT2D eigenvalue weighted by Crippen LogP contribution is -2.49. The molecule has 134 valence electrons. The Bertz CT molecular complexity index is 945. The Balaban J connectivity index is 1.74. The van der Waals surface area contributed by atoms with Crippen LogP contribution in [0.5, 0.6) is 0 Å². The van der Waals surface area contributed by atoms with Crippen LogP contribution in [0, 0.1) is 6.92 Å². The number of aromatic nitrogens is 1. The number of nitrogens with zero attached hydrogens (tertiary/aromatic N) is 3. The van der Waals surface area contributed by atoms with Crippen molar-refractivity contribution in [3.8, 4) is 0 Å². The standard InChI is InChI=1S/C22H25N3O/c1-16-8-7-11-18-14-19(24(3)21(16)18)22(26)25-13-12-23(2)15-20(25)17-9-5-4-6-10-17/h4-11,14,20H,12-13,15H2,1-3H3. The van der Waals surface area contributed by atoms with Gasteiger partial charge >= 0.3 is 0 Å². The minimum absolute atomic E-state index is 0.0848. The van der Waals surface area contributed by atoms with Gasteiger partial charge in [0.25, 0.3) is 5.91 Å². The molecule has 3 aromatic rings. The number of amides is 1. The number of carbonyl (C=O) groups excluding carboxylic acids is 1. The third kappa shape index (κ3) is 2.80. The second kappa shape index (κ2) is 6.61. The number of hydrogen-bond donors (Lipinski definition) is 0. The molecule has 1 aliphatic heterocycles. The first-order valence-corrected chi connectivity index (χ1v) is 9.16. The molecule has 1 atom stereocenters. The maximum atomic E-state index is 13.5. The molecule has 1 unspecified atom stereocenters. The summed E-state index contributed by atoms with van der Waals surface area (Å²) in [7, 11) is 4.12. The molecule has 1 amide bonds. The molecule has 0 N–H and O–H groups in total. The highest BCUT2D eigenvalue weighted by molar-refractivity contribution is 5.99. The van der Waals surface area contributed by atoms with E-state index in [0.29, 0.717) is 0 Å². The number of piperazine rings is 1. The van der Waals surface area contributed by atoms with E-state index < -0.39 is 0 Å². The highest BCUT2D eigenvalue weighted by Crippen LogP contribution is 2.29. The maximum absolute atomic E-state index is 13.5. The van der Waals surface area contributed by atoms with Gasteiger partial charge in [-0.2, -0.15) is 0 Å². The fraction of sp³-hybridized carbons (Fsp3) is 0.318. The van der Waals surface area contributed by atoms with Crippen LogP contribution in [-0.2, 0) is 7.05 Å². The van der Waals surface area contributed by atoms with Gasteiger partial charge in [0.1, 0.15) is 5.69 Å². The topological polar surface area (TPSA) is 28.5 Å². The van der Waals surface area contributed by atoms with Crippen LogP contribution in [0.4, 0.5) is 0 Å². The van der Waals surface area contributed by atoms with Crippen molar-refractivity contribution in [3.05, 3.63) is 71.4 Å². The average molecular weight is 347 g/mol. The van der Waals surface area contributed by atoms with Crippen molar-refractivity contribution in [3.63, 3.8) is 0 Å². The average Bonchev–Trinajstić information content (AvgIpc) is 3.00. The van der Waals surface area contributed by atoms with Gasteiger partial charge in [-0.3, -0.25) is 4.79 Å². The molecule has 0 spiro atoms. The van der Waals surface area contributed by atoms with Gasteiger partial charge in [-0.05, 0) is 31.2 Å². The summed E-state index contributed by atoms with van der Waals surface area (Å²) in [4.78, 5) is 17.8. The first-order valence-electron chi connectivity index (χ1n) is 9.16. The lowest BCUT2D eigenvalue weighted by molar-refractivity contribution is 0.0489. The zero-order valence-corrected chi connectivity index (χ0v) is 15.6. The van der Waals surface area contributed by atoms with Crippen LogP contribution in [0.25, 0.3) is 10.9 Å². The van der Waals surface area contributed by atoms with Gasteiger partial charge in [0, 0.05) is 32.1 Å². The monoisotopic (exact) mass is 347 g/mol. The van der Waals surface area contributed by atoms with E-state index in [2.05, 4.69) is 49.2 Å². The molecule has 2 aromatic carbocycles. The molecule has 2 heterocycles. The Morgan fingerprint density at radius 1 is 1.00 bits per heavy atom. The van der Waals surface area contributed by atoms with Gasteiger partial charge in [0.05, 0.1) is 11.6 Å². The van der Waals surface area contributed by atoms with Gasteiger partial charge in [-0.1, -0.05) is 48.5 Å². The molecule has 4 heteroatoms. The van der Waals surface area contributed by atoms with Gasteiger partial charge in [0.15, 0.2) is 0 Å². The first-order chi connectivity index (χ1) is 12.6. The van der Waals surface area contributed by atoms with Crippen molar-refractivity contribution in [2.75, 3.05) is 26.7 Å². The first kappa shape index (κ1) is 16.9. The van der Waals surface area contributed by atoms with Crippen molar-refractivity contribution in [2.45, 2.75) is 13.0 Å². The van der Waals surface area contributed by atoms with Gasteiger partial charge in [0.2, 0.25) is 0 Å². The zero-order chi connectivity index (χ0) is 18.3. The van der Waals surface area contributed by atoms with E-state index >= 15 is 0 Å². The molecular formula is C22H25N3O. The Morgan fingerprint density at radius 3 is 2.50 bits per heavy atom. The number of para-hydroxylation sites is 1. The number of hydrogen-bond acceptors (Lipinski definition) is 2. The molecule has 4 rings (SSSR count). The third-order valence-corrected chi connectivity index (χ3v) is 5.51. The highest BCUT2D eigenvalue weighted by atomic mass is 16.2. The quantitative estimate of drug-likeness (QED) is 0.708. The van der Waals surface area contributed by atoms with Crippen LogP contribution in [0.3, 0.4) is 0 Å². The minimum atomic E-state index is 0.0848. The number of fused-ring (bicyclic) bond motifs is 1. The summed E-state index contributed by atoms with van der Waals surface area (Å²) in [5, 5.41) is 1.13. The van der Waals surface area contributed by atoms with Gasteiger partial charge < -0.3 is 14.4 Å². The summed E-state index contributed by atoms with van der Waals surface area (Å²) in [5.41, 5.74) is 4.30. The Labute approximate surface area is 154 Å². The van der Waals surface area contributed by atoms with E-state index in [-0.39, 0.29) is 11.9 Å². The summed E-state index contributed by atoms with van der Waals surface area (Å²) in [6.07, 6.45) is 0. The molecule has 1 fully saturated rings. The van der Waals surface area contributed by atoms with E-state index in [9.17, 15) is 4.79 Å². The molecule has 1 saturated heterocycles. The smallest absolute Gasteiger partial charge is 0.271 e. The predicted molar refractivity (Wildman–Crippen MR) is 105 cm³/mol. The number of benzene rings is 2. The Morgan fingerprint density at radius 2 is 1.77 bits per heavy atom. The highest BCUT2D eigenvalue weighted by Gasteiger charge is 2.32. The second-order valence-corrected chi connectivity index (χ2v) is 7.29. The number of likely N-dealkylation sites (N-methyl/N-ethyl adjacent to an activating group) is 1. The summed E-state index contributed by atoms with van der Waals surface area (Å²) >= 11 is 0. The summed E-state index contributed by atoms with van der Waals surface area (Å²) in [6.45, 7) is 4.60. The van der Waals surface area contributed by atoms with E-state index in [1.165, 1.54) is 11.1 Å². The SMILES string of the molecule is Cc1cccc2cc(C(=O)N3CCN(C)CC3c3ccccc3)n(C)c12. The Hall–Kier alpha value is -2.59. The molecule has 26 heavy (non-hydrogen) atoms. The molecule has 0 bridgehead atoms. The van der Waals surface area contributed by atoms with Crippen LogP contribution >= 0.6 is 0 Å². The lowest BCUT2D eigenvalue weighted by Gasteiger charge is -2.40. The number of rotatable bonds is 2. The Kier molecular flexibility index (Phi) is 4.29. The lowest BCUT2D eigenvalue weighted by atomic mass is 10.0. The zero-order valence-electron chi connectivity index (χ0n) is 15.6. The van der Waals surface area contributed by atoms with Crippen LogP contribution in [0.1, 0.15) is 27.7 Å². The van der Waals surface area contributed by atoms with E-state index in [1.54, 1.807) is 0 Å². The summed E-state index contributed by atoms with van der Waals surface area (Å²) in [6, 6.07) is 18.7. The summed E-state index contributed by atoms with van der Waals surface area (Å²) < 4.78 is 2.05. The van der Waals surface area contributed by atoms with Crippen molar-refractivity contribution in [1.29, 1.82) is 0 Å². The van der Waals surface area contributed by atoms with Crippen molar-refractivity contribution in [2.24, 2.45) is 7.05 Å². The maximum Gasteiger partial charge on any atom is 0.271 e. The van der Waals surface area contributed by atoms with Crippen molar-refractivity contribution in [1.82, 2.24) is 14.4 Å². The van der Waals surface area contributed by atoms with E-state index in [0.717, 1.165) is 36.2 Å². The van der Waals surface area contributed by atoms with Crippen LogP contribution in [-0.4, -0.2) is 47.0 Å². The normalized spacial score (nSPS) is 18.4. The van der Waals surface area contributed by atoms with Crippen molar-refractivity contribution < 1.29 is 4.79 Å². The predicted octanol–water partition coefficient (Wildman–Crippen LogP) is 3.62. The largest absolute Gasteiger partial charge is 0.339 e. The molecule has 0 saturated carbocycles. The number of aryl methyl sites for hydroxylation is 2. The van der Waals surface area contributed by atoms with Crippen LogP contribution in [0.15, 0.2) is 54.6 Å². The fourth-order valence-electron chi connectivity index (χ4n) is 4.10. The van der Waals surface area contributed by atoms with Gasteiger partial charge in [-0.25, -0.2) is 0 Å². The molecule has 4 nitrogen and oxygen atoms in total. The molecule has 0 radical (unpaired) electrons.